The van der Waals surface area contributed by atoms with Gasteiger partial charge in [0.25, 0.3) is 5.91 Å². The second kappa shape index (κ2) is 9.71. The molecule has 0 saturated carbocycles. The van der Waals surface area contributed by atoms with E-state index in [2.05, 4.69) is 18.3 Å². The topological polar surface area (TPSA) is 47.2 Å². The summed E-state index contributed by atoms with van der Waals surface area (Å²) in [5.41, 5.74) is 4.38. The molecule has 0 bridgehead atoms. The average molecular weight is 384 g/mol. The predicted molar refractivity (Wildman–Crippen MR) is 112 cm³/mol. The Bertz CT molecular complexity index is 778. The van der Waals surface area contributed by atoms with Crippen LogP contribution >= 0.6 is 0 Å². The van der Waals surface area contributed by atoms with Crippen molar-refractivity contribution in [1.29, 1.82) is 0 Å². The van der Waals surface area contributed by atoms with E-state index >= 15 is 0 Å². The summed E-state index contributed by atoms with van der Waals surface area (Å²) in [6.45, 7) is 12.7. The minimum Gasteiger partial charge on any atom is -0.487 e. The largest absolute Gasteiger partial charge is 0.487 e. The second-order valence-electron chi connectivity index (χ2n) is 7.86. The number of para-hydroxylation sites is 2. The number of quaternary nitrogens is 2. The summed E-state index contributed by atoms with van der Waals surface area (Å²) in [4.78, 5) is 15.4. The van der Waals surface area contributed by atoms with Gasteiger partial charge in [-0.2, -0.15) is 0 Å². The van der Waals surface area contributed by atoms with Gasteiger partial charge in [-0.25, -0.2) is 0 Å². The first-order chi connectivity index (χ1) is 13.5. The van der Waals surface area contributed by atoms with Gasteiger partial charge in [-0.05, 0) is 43.5 Å². The third kappa shape index (κ3) is 5.57. The van der Waals surface area contributed by atoms with Crippen LogP contribution in [-0.2, 0) is 4.79 Å². The molecule has 0 atom stereocenters. The number of carbonyl (C=O) groups is 1. The van der Waals surface area contributed by atoms with Crippen molar-refractivity contribution < 1.29 is 19.3 Å². The first-order valence-electron chi connectivity index (χ1n) is 10.2. The molecule has 3 N–H and O–H groups in total. The second-order valence-corrected chi connectivity index (χ2v) is 7.86. The van der Waals surface area contributed by atoms with Crippen molar-refractivity contribution in [2.75, 3.05) is 51.2 Å². The van der Waals surface area contributed by atoms with Gasteiger partial charge in [0.15, 0.2) is 6.54 Å². The Morgan fingerprint density at radius 3 is 2.18 bits per heavy atom. The third-order valence-corrected chi connectivity index (χ3v) is 5.63. The van der Waals surface area contributed by atoms with E-state index in [0.29, 0.717) is 6.54 Å². The van der Waals surface area contributed by atoms with Gasteiger partial charge in [-0.1, -0.05) is 36.4 Å². The fourth-order valence-electron chi connectivity index (χ4n) is 3.83. The molecule has 2 aromatic carbocycles. The van der Waals surface area contributed by atoms with Gasteiger partial charge in [0.2, 0.25) is 0 Å². The highest BCUT2D eigenvalue weighted by Gasteiger charge is 2.25. The summed E-state index contributed by atoms with van der Waals surface area (Å²) in [5, 5.41) is 3.11. The lowest BCUT2D eigenvalue weighted by Crippen LogP contribution is -3.28. The van der Waals surface area contributed by atoms with Crippen LogP contribution in [0.25, 0.3) is 0 Å². The number of carbonyl (C=O) groups excluding carboxylic acids is 1. The van der Waals surface area contributed by atoms with Crippen LogP contribution in [0.15, 0.2) is 42.5 Å². The number of hydrogen-bond acceptors (Lipinski definition) is 2. The quantitative estimate of drug-likeness (QED) is 0.649. The zero-order valence-electron chi connectivity index (χ0n) is 17.3. The van der Waals surface area contributed by atoms with Crippen LogP contribution in [0.1, 0.15) is 16.7 Å². The van der Waals surface area contributed by atoms with E-state index in [1.54, 1.807) is 4.90 Å². The molecule has 1 aliphatic rings. The van der Waals surface area contributed by atoms with Crippen molar-refractivity contribution in [2.24, 2.45) is 0 Å². The maximum atomic E-state index is 12.5. The summed E-state index contributed by atoms with van der Waals surface area (Å²) < 4.78 is 5.93. The van der Waals surface area contributed by atoms with Gasteiger partial charge in [0.1, 0.15) is 45.1 Å². The lowest BCUT2D eigenvalue weighted by atomic mass is 10.1. The molecule has 0 spiro atoms. The SMILES string of the molecule is Cc1ccccc1OCC[NH+]1CC[NH+](CC(=O)Nc2c(C)cccc2C)CC1. The normalized spacial score (nSPS) is 19.2. The molecule has 1 heterocycles. The Morgan fingerprint density at radius 2 is 1.50 bits per heavy atom. The van der Waals surface area contributed by atoms with Crippen LogP contribution in [0.3, 0.4) is 0 Å². The van der Waals surface area contributed by atoms with Gasteiger partial charge >= 0.3 is 0 Å². The van der Waals surface area contributed by atoms with Crippen molar-refractivity contribution in [1.82, 2.24) is 0 Å². The molecular weight excluding hydrogens is 350 g/mol. The number of hydrogen-bond donors (Lipinski definition) is 3. The number of ether oxygens (including phenoxy) is 1. The van der Waals surface area contributed by atoms with E-state index in [1.165, 1.54) is 10.5 Å². The number of aryl methyl sites for hydroxylation is 3. The van der Waals surface area contributed by atoms with Gasteiger partial charge in [0, 0.05) is 5.69 Å². The summed E-state index contributed by atoms with van der Waals surface area (Å²) in [6.07, 6.45) is 0. The van der Waals surface area contributed by atoms with E-state index in [0.717, 1.165) is 61.9 Å². The molecule has 1 amide bonds. The first kappa shape index (κ1) is 20.4. The lowest BCUT2D eigenvalue weighted by Gasteiger charge is -2.29. The Labute approximate surface area is 168 Å². The molecule has 150 valence electrons. The fraction of sp³-hybridized carbons (Fsp3) is 0.435. The van der Waals surface area contributed by atoms with E-state index in [-0.39, 0.29) is 5.91 Å². The number of anilines is 1. The molecule has 1 saturated heterocycles. The molecule has 0 unspecified atom stereocenters. The standard InChI is InChI=1S/C23H31N3O2/c1-18-7-4-5-10-21(18)28-16-15-25-11-13-26(14-12-25)17-22(27)24-23-19(2)8-6-9-20(23)3/h4-10H,11-17H2,1-3H3,(H,24,27)/p+2. The van der Waals surface area contributed by atoms with Crippen molar-refractivity contribution in [3.05, 3.63) is 59.2 Å². The first-order valence-corrected chi connectivity index (χ1v) is 10.2. The number of benzene rings is 2. The van der Waals surface area contributed by atoms with Crippen LogP contribution in [-0.4, -0.2) is 51.8 Å². The van der Waals surface area contributed by atoms with Crippen LogP contribution in [0.5, 0.6) is 5.75 Å². The molecule has 0 radical (unpaired) electrons. The Morgan fingerprint density at radius 1 is 0.893 bits per heavy atom. The Kier molecular flexibility index (Phi) is 7.06. The molecule has 0 aliphatic carbocycles. The van der Waals surface area contributed by atoms with Gasteiger partial charge < -0.3 is 19.9 Å². The number of nitrogens with one attached hydrogen (secondary N) is 3. The maximum Gasteiger partial charge on any atom is 0.279 e. The average Bonchev–Trinajstić information content (AvgIpc) is 2.68. The Balaban J connectivity index is 1.38. The van der Waals surface area contributed by atoms with E-state index in [4.69, 9.17) is 4.74 Å². The van der Waals surface area contributed by atoms with Crippen molar-refractivity contribution in [3.63, 3.8) is 0 Å². The molecule has 1 fully saturated rings. The Hall–Kier alpha value is -2.37. The smallest absolute Gasteiger partial charge is 0.279 e. The molecule has 2 aromatic rings. The molecule has 5 nitrogen and oxygen atoms in total. The van der Waals surface area contributed by atoms with Gasteiger partial charge in [0.05, 0.1) is 0 Å². The van der Waals surface area contributed by atoms with E-state index in [9.17, 15) is 4.79 Å². The summed E-state index contributed by atoms with van der Waals surface area (Å²) in [5.74, 6) is 1.09. The highest BCUT2D eigenvalue weighted by Crippen LogP contribution is 2.19. The van der Waals surface area contributed by atoms with Crippen molar-refractivity contribution >= 4 is 11.6 Å². The maximum absolute atomic E-state index is 12.5. The molecule has 5 heteroatoms. The van der Waals surface area contributed by atoms with Crippen LogP contribution < -0.4 is 19.9 Å². The monoisotopic (exact) mass is 383 g/mol. The van der Waals surface area contributed by atoms with Gasteiger partial charge in [-0.15, -0.1) is 0 Å². The zero-order chi connectivity index (χ0) is 19.9. The minimum absolute atomic E-state index is 0.110. The van der Waals surface area contributed by atoms with Crippen molar-refractivity contribution in [3.8, 4) is 5.75 Å². The van der Waals surface area contributed by atoms with Crippen LogP contribution in [0.2, 0.25) is 0 Å². The zero-order valence-corrected chi connectivity index (χ0v) is 17.3. The van der Waals surface area contributed by atoms with E-state index < -0.39 is 0 Å². The molecular formula is C23H33N3O2+2. The minimum atomic E-state index is 0.110. The summed E-state index contributed by atoms with van der Waals surface area (Å²) in [6, 6.07) is 14.3. The lowest BCUT2D eigenvalue weighted by molar-refractivity contribution is -1.01. The molecule has 3 rings (SSSR count). The fourth-order valence-corrected chi connectivity index (χ4v) is 3.83. The van der Waals surface area contributed by atoms with Crippen molar-refractivity contribution in [2.45, 2.75) is 20.8 Å². The predicted octanol–water partition coefficient (Wildman–Crippen LogP) is 0.413. The highest BCUT2D eigenvalue weighted by molar-refractivity contribution is 5.93. The molecule has 28 heavy (non-hydrogen) atoms. The molecule has 1 aliphatic heterocycles. The number of amides is 1. The summed E-state index contributed by atoms with van der Waals surface area (Å²) >= 11 is 0. The van der Waals surface area contributed by atoms with E-state index in [1.807, 2.05) is 50.2 Å². The van der Waals surface area contributed by atoms with Crippen LogP contribution in [0, 0.1) is 20.8 Å². The highest BCUT2D eigenvalue weighted by atomic mass is 16.5. The summed E-state index contributed by atoms with van der Waals surface area (Å²) in [7, 11) is 0. The number of rotatable bonds is 7. The number of piperazine rings is 1. The van der Waals surface area contributed by atoms with Gasteiger partial charge in [-0.3, -0.25) is 4.79 Å². The molecule has 0 aromatic heterocycles. The third-order valence-electron chi connectivity index (χ3n) is 5.63. The van der Waals surface area contributed by atoms with Crippen LogP contribution in [0.4, 0.5) is 5.69 Å².